The van der Waals surface area contributed by atoms with Crippen LogP contribution >= 0.6 is 11.8 Å². The van der Waals surface area contributed by atoms with E-state index in [2.05, 4.69) is 14.9 Å². The number of rotatable bonds is 5. The summed E-state index contributed by atoms with van der Waals surface area (Å²) in [5.74, 6) is -0.159. The summed E-state index contributed by atoms with van der Waals surface area (Å²) in [7, 11) is 0. The molecule has 1 fully saturated rings. The van der Waals surface area contributed by atoms with E-state index in [1.54, 1.807) is 17.0 Å². The summed E-state index contributed by atoms with van der Waals surface area (Å²) in [6, 6.07) is 4.81. The lowest BCUT2D eigenvalue weighted by molar-refractivity contribution is -0.142. The van der Waals surface area contributed by atoms with Crippen LogP contribution in [0.3, 0.4) is 0 Å². The Morgan fingerprint density at radius 1 is 1.27 bits per heavy atom. The highest BCUT2D eigenvalue weighted by Crippen LogP contribution is 2.33. The second kappa shape index (κ2) is 8.97. The molecule has 0 aliphatic carbocycles. The Hall–Kier alpha value is -2.07. The van der Waals surface area contributed by atoms with Crippen molar-refractivity contribution in [2.45, 2.75) is 37.6 Å². The molecule has 0 spiro atoms. The fraction of sp³-hybridized carbons (Fsp3) is 0.500. The van der Waals surface area contributed by atoms with Crippen LogP contribution in [0.1, 0.15) is 25.1 Å². The summed E-state index contributed by atoms with van der Waals surface area (Å²) in [6.45, 7) is 4.71. The highest BCUT2D eigenvalue weighted by Gasteiger charge is 2.38. The van der Waals surface area contributed by atoms with E-state index in [0.29, 0.717) is 24.5 Å². The predicted molar refractivity (Wildman–Crippen MR) is 109 cm³/mol. The summed E-state index contributed by atoms with van der Waals surface area (Å²) in [5, 5.41) is 9.22. The Kier molecular flexibility index (Phi) is 6.76. The van der Waals surface area contributed by atoms with Gasteiger partial charge in [-0.3, -0.25) is 0 Å². The standard InChI is InChI=1S/C20H24F4N4OS/c1-12(2)16-10-27(14-4-5-15(21)17(8-14)30-3)6-7-28(16)19-25-9-13(11-29)18(26-19)20(22,23)24/h4-5,8-9,12,16,29H,6-7,10-11H2,1-3H3. The monoisotopic (exact) mass is 444 g/mol. The third-order valence-electron chi connectivity index (χ3n) is 5.24. The maximum Gasteiger partial charge on any atom is 0.433 e. The molecular weight excluding hydrogens is 420 g/mol. The largest absolute Gasteiger partial charge is 0.433 e. The molecule has 10 heteroatoms. The number of nitrogens with zero attached hydrogens (tertiary/aromatic N) is 4. The lowest BCUT2D eigenvalue weighted by Crippen LogP contribution is -2.56. The molecule has 2 aromatic rings. The first kappa shape index (κ1) is 22.6. The van der Waals surface area contributed by atoms with E-state index in [4.69, 9.17) is 0 Å². The molecule has 2 heterocycles. The SMILES string of the molecule is CSc1cc(N2CCN(c3ncc(CO)c(C(F)(F)F)n3)C(C(C)C)C2)ccc1F. The summed E-state index contributed by atoms with van der Waals surface area (Å²) in [5.41, 5.74) is -0.580. The van der Waals surface area contributed by atoms with Crippen LogP contribution in [-0.4, -0.2) is 47.0 Å². The van der Waals surface area contributed by atoms with Gasteiger partial charge in [0.2, 0.25) is 5.95 Å². The molecule has 1 aromatic carbocycles. The topological polar surface area (TPSA) is 52.5 Å². The van der Waals surface area contributed by atoms with Gasteiger partial charge in [-0.25, -0.2) is 14.4 Å². The molecule has 1 aliphatic rings. The zero-order valence-corrected chi connectivity index (χ0v) is 17.8. The summed E-state index contributed by atoms with van der Waals surface area (Å²) in [6.07, 6.45) is -1.82. The van der Waals surface area contributed by atoms with Crippen LogP contribution in [0.25, 0.3) is 0 Å². The van der Waals surface area contributed by atoms with Gasteiger partial charge in [0, 0.05) is 42.0 Å². The van der Waals surface area contributed by atoms with Crippen LogP contribution in [0.15, 0.2) is 29.3 Å². The highest BCUT2D eigenvalue weighted by molar-refractivity contribution is 7.98. The van der Waals surface area contributed by atoms with Crippen molar-refractivity contribution in [2.24, 2.45) is 5.92 Å². The van der Waals surface area contributed by atoms with Crippen LogP contribution in [0.4, 0.5) is 29.2 Å². The number of aliphatic hydroxyl groups excluding tert-OH is 1. The number of halogens is 4. The van der Waals surface area contributed by atoms with Crippen molar-refractivity contribution >= 4 is 23.4 Å². The number of thioether (sulfide) groups is 1. The molecule has 5 nitrogen and oxygen atoms in total. The molecule has 0 saturated carbocycles. The third-order valence-corrected chi connectivity index (χ3v) is 5.99. The van der Waals surface area contributed by atoms with Gasteiger partial charge in [-0.1, -0.05) is 13.8 Å². The van der Waals surface area contributed by atoms with Crippen LogP contribution in [-0.2, 0) is 12.8 Å². The number of aromatic nitrogens is 2. The van der Waals surface area contributed by atoms with Crippen molar-refractivity contribution in [3.05, 3.63) is 41.5 Å². The van der Waals surface area contributed by atoms with E-state index in [0.717, 1.165) is 11.9 Å². The van der Waals surface area contributed by atoms with Crippen LogP contribution in [0.2, 0.25) is 0 Å². The molecule has 0 bridgehead atoms. The molecule has 1 N–H and O–H groups in total. The molecule has 3 rings (SSSR count). The quantitative estimate of drug-likeness (QED) is 0.551. The van der Waals surface area contributed by atoms with E-state index in [-0.39, 0.29) is 29.3 Å². The summed E-state index contributed by atoms with van der Waals surface area (Å²) >= 11 is 1.33. The van der Waals surface area contributed by atoms with E-state index in [1.807, 2.05) is 20.1 Å². The molecule has 1 atom stereocenters. The van der Waals surface area contributed by atoms with Crippen molar-refractivity contribution < 1.29 is 22.7 Å². The van der Waals surface area contributed by atoms with Gasteiger partial charge in [0.1, 0.15) is 5.82 Å². The zero-order valence-electron chi connectivity index (χ0n) is 16.9. The number of aliphatic hydroxyl groups is 1. The van der Waals surface area contributed by atoms with Gasteiger partial charge in [-0.15, -0.1) is 11.8 Å². The average Bonchev–Trinajstić information content (AvgIpc) is 2.72. The number of hydrogen-bond donors (Lipinski definition) is 1. The molecule has 1 aliphatic heterocycles. The van der Waals surface area contributed by atoms with Crippen molar-refractivity contribution in [1.82, 2.24) is 9.97 Å². The number of benzene rings is 1. The molecule has 30 heavy (non-hydrogen) atoms. The van der Waals surface area contributed by atoms with Gasteiger partial charge in [-0.05, 0) is 30.4 Å². The highest BCUT2D eigenvalue weighted by atomic mass is 32.2. The second-order valence-electron chi connectivity index (χ2n) is 7.47. The van der Waals surface area contributed by atoms with Crippen LogP contribution in [0, 0.1) is 11.7 Å². The molecule has 164 valence electrons. The molecule has 1 unspecified atom stereocenters. The Morgan fingerprint density at radius 2 is 2.00 bits per heavy atom. The first-order valence-corrected chi connectivity index (χ1v) is 10.8. The Labute approximate surface area is 177 Å². The van der Waals surface area contributed by atoms with Gasteiger partial charge in [-0.2, -0.15) is 13.2 Å². The lowest BCUT2D eigenvalue weighted by atomic mass is 9.99. The average molecular weight is 444 g/mol. The second-order valence-corrected chi connectivity index (χ2v) is 8.32. The van der Waals surface area contributed by atoms with Gasteiger partial charge in [0.25, 0.3) is 0 Å². The number of anilines is 2. The van der Waals surface area contributed by atoms with Crippen molar-refractivity contribution in [3.8, 4) is 0 Å². The smallest absolute Gasteiger partial charge is 0.392 e. The van der Waals surface area contributed by atoms with E-state index >= 15 is 0 Å². The fourth-order valence-corrected chi connectivity index (χ4v) is 4.11. The molecule has 1 saturated heterocycles. The van der Waals surface area contributed by atoms with Crippen LogP contribution in [0.5, 0.6) is 0 Å². The summed E-state index contributed by atoms with van der Waals surface area (Å²) in [4.78, 5) is 12.3. The fourth-order valence-electron chi connectivity index (χ4n) is 3.61. The minimum atomic E-state index is -4.67. The predicted octanol–water partition coefficient (Wildman–Crippen LogP) is 4.20. The summed E-state index contributed by atoms with van der Waals surface area (Å²) < 4.78 is 53.9. The third kappa shape index (κ3) is 4.64. The Bertz CT molecular complexity index is 894. The van der Waals surface area contributed by atoms with Gasteiger partial charge in [0.15, 0.2) is 5.69 Å². The molecule has 1 aromatic heterocycles. The Balaban J connectivity index is 1.90. The van der Waals surface area contributed by atoms with E-state index in [9.17, 15) is 22.7 Å². The van der Waals surface area contributed by atoms with E-state index in [1.165, 1.54) is 17.8 Å². The maximum absolute atomic E-state index is 13.8. The van der Waals surface area contributed by atoms with Gasteiger partial charge < -0.3 is 14.9 Å². The van der Waals surface area contributed by atoms with Gasteiger partial charge >= 0.3 is 6.18 Å². The van der Waals surface area contributed by atoms with Crippen molar-refractivity contribution in [1.29, 1.82) is 0 Å². The first-order chi connectivity index (χ1) is 14.2. The zero-order chi connectivity index (χ0) is 22.1. The molecule has 0 radical (unpaired) electrons. The van der Waals surface area contributed by atoms with Crippen molar-refractivity contribution in [2.75, 3.05) is 35.7 Å². The minimum Gasteiger partial charge on any atom is -0.392 e. The van der Waals surface area contributed by atoms with Gasteiger partial charge in [0.05, 0.1) is 12.6 Å². The normalized spacial score (nSPS) is 17.7. The number of piperazine rings is 1. The number of hydrogen-bond acceptors (Lipinski definition) is 6. The number of alkyl halides is 3. The van der Waals surface area contributed by atoms with Crippen LogP contribution < -0.4 is 9.80 Å². The Morgan fingerprint density at radius 3 is 2.60 bits per heavy atom. The maximum atomic E-state index is 13.8. The molecule has 0 amide bonds. The minimum absolute atomic E-state index is 0.00165. The first-order valence-electron chi connectivity index (χ1n) is 9.54. The van der Waals surface area contributed by atoms with Crippen molar-refractivity contribution in [3.63, 3.8) is 0 Å². The molecular formula is C20H24F4N4OS. The lowest BCUT2D eigenvalue weighted by Gasteiger charge is -2.44. The van der Waals surface area contributed by atoms with E-state index < -0.39 is 18.5 Å².